The Labute approximate surface area is 358 Å². The minimum atomic E-state index is 0.352. The molecule has 6 aromatic rings. The lowest BCUT2D eigenvalue weighted by Crippen LogP contribution is -2.32. The maximum atomic E-state index is 2.56. The quantitative estimate of drug-likeness (QED) is 0.0818. The highest BCUT2D eigenvalue weighted by Crippen LogP contribution is 2.37. The Kier molecular flexibility index (Phi) is 13.5. The van der Waals surface area contributed by atoms with Crippen LogP contribution >= 0.6 is 8.20 Å². The van der Waals surface area contributed by atoms with E-state index in [1.807, 2.05) is 0 Å². The zero-order valence-electron chi connectivity index (χ0n) is 39.1. The van der Waals surface area contributed by atoms with Crippen LogP contribution < -0.4 is 10.0 Å². The van der Waals surface area contributed by atoms with Crippen LogP contribution in [-0.2, 0) is 0 Å². The first kappa shape index (κ1) is 44.2. The molecule has 0 aliphatic rings. The van der Waals surface area contributed by atoms with Gasteiger partial charge in [0.25, 0.3) is 6.33 Å². The molecule has 0 N–H and O–H groups in total. The van der Waals surface area contributed by atoms with Crippen molar-refractivity contribution in [2.45, 2.75) is 158 Å². The minimum absolute atomic E-state index is 0.352. The van der Waals surface area contributed by atoms with Gasteiger partial charge in [0, 0.05) is 42.9 Å². The van der Waals surface area contributed by atoms with Gasteiger partial charge in [-0.15, -0.1) is 0 Å². The molecule has 6 rings (SSSR count). The molecule has 312 valence electrons. The molecule has 0 radical (unpaired) electrons. The number of aromatic nitrogens is 4. The SMILES string of the molecule is CC(C)c1cccc(C(C)C)c1-n1c[n+](-c2c(C(C)C)cccc2C(C)C)cc1P=c1n(-c2c(C(C)C)cccc2C(C)C)ccn1-c1c(C(C)C)cccc1C(C)C. The molecule has 2 heterocycles. The molecule has 0 bridgehead atoms. The van der Waals surface area contributed by atoms with E-state index in [0.29, 0.717) is 47.3 Å². The van der Waals surface area contributed by atoms with E-state index in [0.717, 1.165) is 8.20 Å². The number of para-hydroxylation sites is 4. The summed E-state index contributed by atoms with van der Waals surface area (Å²) in [6.07, 6.45) is 9.56. The van der Waals surface area contributed by atoms with Crippen molar-refractivity contribution < 1.29 is 4.57 Å². The summed E-state index contributed by atoms with van der Waals surface area (Å²) in [6, 6.07) is 27.8. The van der Waals surface area contributed by atoms with Gasteiger partial charge in [-0.2, -0.15) is 4.57 Å². The second kappa shape index (κ2) is 18.1. The fourth-order valence-corrected chi connectivity index (χ4v) is 10.1. The molecular formula is C54H72N4P+. The van der Waals surface area contributed by atoms with Gasteiger partial charge in [-0.3, -0.25) is 9.13 Å². The molecule has 4 nitrogen and oxygen atoms in total. The van der Waals surface area contributed by atoms with Crippen LogP contribution in [0, 0.1) is 5.20 Å². The molecule has 4 aromatic carbocycles. The van der Waals surface area contributed by atoms with Gasteiger partial charge in [0.1, 0.15) is 17.6 Å². The van der Waals surface area contributed by atoms with E-state index in [4.69, 9.17) is 0 Å². The van der Waals surface area contributed by atoms with E-state index in [1.165, 1.54) is 77.9 Å². The normalized spacial score (nSPS) is 12.4. The molecule has 59 heavy (non-hydrogen) atoms. The van der Waals surface area contributed by atoms with Crippen molar-refractivity contribution >= 4 is 13.6 Å². The van der Waals surface area contributed by atoms with Crippen LogP contribution in [0.2, 0.25) is 0 Å². The van der Waals surface area contributed by atoms with Crippen LogP contribution in [0.5, 0.6) is 0 Å². The lowest BCUT2D eigenvalue weighted by atomic mass is 9.92. The van der Waals surface area contributed by atoms with Crippen molar-refractivity contribution in [1.29, 1.82) is 0 Å². The van der Waals surface area contributed by atoms with E-state index >= 15 is 0 Å². The lowest BCUT2D eigenvalue weighted by Gasteiger charge is -2.22. The summed E-state index contributed by atoms with van der Waals surface area (Å²) < 4.78 is 10.1. The van der Waals surface area contributed by atoms with Crippen LogP contribution in [0.1, 0.15) is 203 Å². The Balaban J connectivity index is 1.88. The largest absolute Gasteiger partial charge is 0.297 e. The molecule has 0 saturated carbocycles. The van der Waals surface area contributed by atoms with Crippen molar-refractivity contribution in [3.63, 3.8) is 0 Å². The molecular weight excluding hydrogens is 736 g/mol. The first-order valence-electron chi connectivity index (χ1n) is 22.4. The highest BCUT2D eigenvalue weighted by Gasteiger charge is 2.29. The first-order chi connectivity index (χ1) is 27.9. The second-order valence-corrected chi connectivity index (χ2v) is 20.3. The van der Waals surface area contributed by atoms with Crippen molar-refractivity contribution in [2.75, 3.05) is 0 Å². The van der Waals surface area contributed by atoms with E-state index < -0.39 is 0 Å². The van der Waals surface area contributed by atoms with Crippen molar-refractivity contribution in [1.82, 2.24) is 13.7 Å². The zero-order chi connectivity index (χ0) is 43.0. The number of hydrogen-bond donors (Lipinski definition) is 0. The molecule has 0 aliphatic carbocycles. The van der Waals surface area contributed by atoms with Crippen LogP contribution in [0.3, 0.4) is 0 Å². The van der Waals surface area contributed by atoms with Gasteiger partial charge in [0.2, 0.25) is 5.44 Å². The molecule has 0 aliphatic heterocycles. The van der Waals surface area contributed by atoms with Gasteiger partial charge in [-0.25, -0.2) is 4.57 Å². The van der Waals surface area contributed by atoms with Gasteiger partial charge in [0.15, 0.2) is 5.20 Å². The highest BCUT2D eigenvalue weighted by atomic mass is 31.1. The Morgan fingerprint density at radius 3 is 0.932 bits per heavy atom. The fraction of sp³-hybridized carbons (Fsp3) is 0.444. The average molecular weight is 808 g/mol. The predicted octanol–water partition coefficient (Wildman–Crippen LogP) is 15.1. The zero-order valence-corrected chi connectivity index (χ0v) is 40.0. The van der Waals surface area contributed by atoms with Gasteiger partial charge < -0.3 is 0 Å². The Morgan fingerprint density at radius 2 is 0.644 bits per heavy atom. The highest BCUT2D eigenvalue weighted by molar-refractivity contribution is 7.38. The summed E-state index contributed by atoms with van der Waals surface area (Å²) in [7, 11) is 1.11. The van der Waals surface area contributed by atoms with E-state index in [1.54, 1.807) is 0 Å². The van der Waals surface area contributed by atoms with E-state index in [-0.39, 0.29) is 0 Å². The lowest BCUT2D eigenvalue weighted by molar-refractivity contribution is -0.595. The van der Waals surface area contributed by atoms with Crippen molar-refractivity contribution in [3.05, 3.63) is 147 Å². The molecule has 0 saturated heterocycles. The summed E-state index contributed by atoms with van der Waals surface area (Å²) in [5.74, 6) is 2.89. The molecule has 0 spiro atoms. The third-order valence-corrected chi connectivity index (χ3v) is 13.3. The summed E-state index contributed by atoms with van der Waals surface area (Å²) in [5, 5.41) is 1.23. The van der Waals surface area contributed by atoms with E-state index in [9.17, 15) is 0 Å². The minimum Gasteiger partial charge on any atom is -0.297 e. The number of imidazole rings is 2. The third-order valence-electron chi connectivity index (χ3n) is 12.1. The van der Waals surface area contributed by atoms with Crippen LogP contribution in [0.25, 0.3) is 22.7 Å². The molecule has 0 atom stereocenters. The second-order valence-electron chi connectivity index (χ2n) is 19.2. The molecule has 0 amide bonds. The van der Waals surface area contributed by atoms with Crippen molar-refractivity contribution in [2.24, 2.45) is 0 Å². The Bertz CT molecular complexity index is 2290. The topological polar surface area (TPSA) is 18.7 Å². The fourth-order valence-electron chi connectivity index (χ4n) is 8.90. The summed E-state index contributed by atoms with van der Waals surface area (Å²) >= 11 is 0. The van der Waals surface area contributed by atoms with Crippen LogP contribution in [-0.4, -0.2) is 13.7 Å². The summed E-state index contributed by atoms with van der Waals surface area (Å²) in [6.45, 7) is 37.4. The summed E-state index contributed by atoms with van der Waals surface area (Å²) in [5.41, 5.74) is 17.5. The molecule has 5 heteroatoms. The third kappa shape index (κ3) is 8.63. The van der Waals surface area contributed by atoms with Crippen LogP contribution in [0.15, 0.2) is 97.7 Å². The number of nitrogens with zero attached hydrogens (tertiary/aromatic N) is 4. The standard InChI is InChI=1S/C54H72N4P/c1-33(2)41-21-17-22-42(34(3)4)50(41)55-31-49(58(32-55)53-47(39(13)14)27-20-28-48(53)40(15)16)59-54-56(51-43(35(5)6)23-18-24-44(51)36(7)8)29-30-57(54)52-45(37(9)10)25-19-26-46(52)38(11)12/h17-40H,1-16H3/q+1. The van der Waals surface area contributed by atoms with Gasteiger partial charge in [-0.05, 0) is 69.6 Å². The van der Waals surface area contributed by atoms with Crippen LogP contribution in [0.4, 0.5) is 0 Å². The number of rotatable bonds is 13. The summed E-state index contributed by atoms with van der Waals surface area (Å²) in [4.78, 5) is 0. The Hall–Kier alpha value is -4.40. The molecule has 0 unspecified atom stereocenters. The monoisotopic (exact) mass is 808 g/mol. The van der Waals surface area contributed by atoms with Crippen molar-refractivity contribution in [3.8, 4) is 22.7 Å². The van der Waals surface area contributed by atoms with Gasteiger partial charge in [0.05, 0.1) is 11.4 Å². The smallest absolute Gasteiger partial charge is 0.255 e. The maximum absolute atomic E-state index is 2.56. The average Bonchev–Trinajstić information content (AvgIpc) is 3.80. The molecule has 0 fully saturated rings. The molecule has 2 aromatic heterocycles. The number of benzene rings is 4. The van der Waals surface area contributed by atoms with Gasteiger partial charge in [-0.1, -0.05) is 184 Å². The van der Waals surface area contributed by atoms with Gasteiger partial charge >= 0.3 is 0 Å². The predicted molar refractivity (Wildman–Crippen MR) is 255 cm³/mol. The Morgan fingerprint density at radius 1 is 0.373 bits per heavy atom. The maximum Gasteiger partial charge on any atom is 0.255 e. The first-order valence-corrected chi connectivity index (χ1v) is 23.3. The van der Waals surface area contributed by atoms with E-state index in [2.05, 4.69) is 227 Å². The number of hydrogen-bond acceptors (Lipinski definition) is 0.